The Labute approximate surface area is 138 Å². The lowest BCUT2D eigenvalue weighted by atomic mass is 9.94. The molecule has 0 amide bonds. The van der Waals surface area contributed by atoms with Gasteiger partial charge in [0.1, 0.15) is 0 Å². The van der Waals surface area contributed by atoms with Crippen LogP contribution in [-0.4, -0.2) is 21.3 Å². The fraction of sp³-hybridized carbons (Fsp3) is 0.368. The molecule has 0 radical (unpaired) electrons. The van der Waals surface area contributed by atoms with Crippen LogP contribution < -0.4 is 19.5 Å². The van der Waals surface area contributed by atoms with Gasteiger partial charge in [-0.25, -0.2) is 0 Å². The summed E-state index contributed by atoms with van der Waals surface area (Å²) in [4.78, 5) is 0. The summed E-state index contributed by atoms with van der Waals surface area (Å²) in [6.45, 7) is 5.03. The van der Waals surface area contributed by atoms with Crippen LogP contribution in [0.15, 0.2) is 42.5 Å². The Morgan fingerprint density at radius 2 is 1.43 bits per heavy atom. The molecule has 0 aliphatic carbocycles. The quantitative estimate of drug-likeness (QED) is 0.845. The number of hydrogen-bond donors (Lipinski definition) is 1. The second kappa shape index (κ2) is 7.38. The van der Waals surface area contributed by atoms with Gasteiger partial charge in [0.2, 0.25) is 5.75 Å². The molecule has 0 saturated carbocycles. The smallest absolute Gasteiger partial charge is 0.203 e. The molecule has 4 heteroatoms. The van der Waals surface area contributed by atoms with Crippen molar-refractivity contribution in [2.45, 2.75) is 25.9 Å². The molecule has 0 saturated heterocycles. The number of benzene rings is 2. The molecule has 0 bridgehead atoms. The Morgan fingerprint density at radius 3 is 1.91 bits per heavy atom. The Bertz CT molecular complexity index is 613. The third kappa shape index (κ3) is 3.96. The minimum Gasteiger partial charge on any atom is -0.493 e. The van der Waals surface area contributed by atoms with Crippen LogP contribution >= 0.6 is 0 Å². The third-order valence-electron chi connectivity index (χ3n) is 3.95. The maximum absolute atomic E-state index is 5.40. The maximum atomic E-state index is 5.40. The molecule has 2 aromatic rings. The van der Waals surface area contributed by atoms with E-state index in [4.69, 9.17) is 14.2 Å². The van der Waals surface area contributed by atoms with Crippen molar-refractivity contribution in [2.75, 3.05) is 21.3 Å². The predicted octanol–water partition coefficient (Wildman–Crippen LogP) is 3.74. The van der Waals surface area contributed by atoms with Gasteiger partial charge in [-0.05, 0) is 37.1 Å². The molecule has 0 atom stereocenters. The summed E-state index contributed by atoms with van der Waals surface area (Å²) >= 11 is 0. The topological polar surface area (TPSA) is 39.7 Å². The number of methoxy groups -OCH3 is 3. The average Bonchev–Trinajstić information content (AvgIpc) is 2.59. The summed E-state index contributed by atoms with van der Waals surface area (Å²) in [6, 6.07) is 14.3. The van der Waals surface area contributed by atoms with Crippen LogP contribution in [0.5, 0.6) is 17.2 Å². The average molecular weight is 315 g/mol. The van der Waals surface area contributed by atoms with Gasteiger partial charge in [0, 0.05) is 12.1 Å². The van der Waals surface area contributed by atoms with E-state index in [0.29, 0.717) is 23.8 Å². The maximum Gasteiger partial charge on any atom is 0.203 e. The van der Waals surface area contributed by atoms with E-state index in [0.717, 1.165) is 5.56 Å². The van der Waals surface area contributed by atoms with Gasteiger partial charge in [0.25, 0.3) is 0 Å². The summed E-state index contributed by atoms with van der Waals surface area (Å²) < 4.78 is 16.2. The molecule has 124 valence electrons. The minimum absolute atomic E-state index is 0.137. The molecule has 1 N–H and O–H groups in total. The molecule has 23 heavy (non-hydrogen) atoms. The van der Waals surface area contributed by atoms with E-state index in [1.54, 1.807) is 21.3 Å². The van der Waals surface area contributed by atoms with Crippen LogP contribution in [0.2, 0.25) is 0 Å². The van der Waals surface area contributed by atoms with Crippen LogP contribution in [-0.2, 0) is 12.1 Å². The zero-order chi connectivity index (χ0) is 16.9. The zero-order valence-electron chi connectivity index (χ0n) is 14.5. The largest absolute Gasteiger partial charge is 0.493 e. The molecule has 0 aliphatic heterocycles. The molecule has 2 rings (SSSR count). The predicted molar refractivity (Wildman–Crippen MR) is 92.4 cm³/mol. The molecule has 0 unspecified atom stereocenters. The Hall–Kier alpha value is -2.20. The van der Waals surface area contributed by atoms with E-state index in [-0.39, 0.29) is 5.54 Å². The van der Waals surface area contributed by atoms with Crippen LogP contribution in [0.3, 0.4) is 0 Å². The molecule has 0 aliphatic rings. The second-order valence-corrected chi connectivity index (χ2v) is 5.88. The summed E-state index contributed by atoms with van der Waals surface area (Å²) in [5.41, 5.74) is 2.18. The highest BCUT2D eigenvalue weighted by molar-refractivity contribution is 5.53. The summed E-state index contributed by atoms with van der Waals surface area (Å²) in [5.74, 6) is 1.95. The van der Waals surface area contributed by atoms with Crippen molar-refractivity contribution in [1.29, 1.82) is 0 Å². The van der Waals surface area contributed by atoms with Crippen molar-refractivity contribution in [3.63, 3.8) is 0 Å². The summed E-state index contributed by atoms with van der Waals surface area (Å²) in [5, 5.41) is 3.58. The van der Waals surface area contributed by atoms with E-state index >= 15 is 0 Å². The third-order valence-corrected chi connectivity index (χ3v) is 3.95. The molecular weight excluding hydrogens is 290 g/mol. The van der Waals surface area contributed by atoms with E-state index in [2.05, 4.69) is 43.4 Å². The fourth-order valence-corrected chi connectivity index (χ4v) is 2.52. The van der Waals surface area contributed by atoms with E-state index in [1.807, 2.05) is 18.2 Å². The van der Waals surface area contributed by atoms with Crippen LogP contribution in [0, 0.1) is 0 Å². The molecule has 4 nitrogen and oxygen atoms in total. The van der Waals surface area contributed by atoms with Crippen molar-refractivity contribution in [3.05, 3.63) is 53.6 Å². The van der Waals surface area contributed by atoms with Crippen LogP contribution in [0.25, 0.3) is 0 Å². The molecular formula is C19H25NO3. The van der Waals surface area contributed by atoms with Crippen molar-refractivity contribution in [3.8, 4) is 17.2 Å². The van der Waals surface area contributed by atoms with Gasteiger partial charge in [-0.3, -0.25) is 0 Å². The summed E-state index contributed by atoms with van der Waals surface area (Å²) in [6.07, 6.45) is 0. The summed E-state index contributed by atoms with van der Waals surface area (Å²) in [7, 11) is 4.86. The van der Waals surface area contributed by atoms with E-state index in [9.17, 15) is 0 Å². The van der Waals surface area contributed by atoms with Gasteiger partial charge in [-0.15, -0.1) is 0 Å². The first-order chi connectivity index (χ1) is 11.0. The van der Waals surface area contributed by atoms with E-state index in [1.165, 1.54) is 5.56 Å². The van der Waals surface area contributed by atoms with Crippen molar-refractivity contribution in [1.82, 2.24) is 5.32 Å². The first kappa shape index (κ1) is 17.2. The van der Waals surface area contributed by atoms with E-state index < -0.39 is 0 Å². The lowest BCUT2D eigenvalue weighted by Crippen LogP contribution is -2.35. The number of nitrogens with one attached hydrogen (secondary N) is 1. The molecule has 0 fully saturated rings. The van der Waals surface area contributed by atoms with Gasteiger partial charge < -0.3 is 19.5 Å². The number of hydrogen-bond acceptors (Lipinski definition) is 4. The molecule has 2 aromatic carbocycles. The number of rotatable bonds is 7. The van der Waals surface area contributed by atoms with Crippen LogP contribution in [0.1, 0.15) is 25.0 Å². The molecule has 0 heterocycles. The van der Waals surface area contributed by atoms with Gasteiger partial charge in [0.15, 0.2) is 11.5 Å². The highest BCUT2D eigenvalue weighted by Gasteiger charge is 2.20. The first-order valence-electron chi connectivity index (χ1n) is 7.61. The molecule has 0 spiro atoms. The zero-order valence-corrected chi connectivity index (χ0v) is 14.5. The van der Waals surface area contributed by atoms with Crippen molar-refractivity contribution in [2.24, 2.45) is 0 Å². The van der Waals surface area contributed by atoms with Crippen molar-refractivity contribution >= 4 is 0 Å². The van der Waals surface area contributed by atoms with Gasteiger partial charge >= 0.3 is 0 Å². The first-order valence-corrected chi connectivity index (χ1v) is 7.61. The standard InChI is InChI=1S/C19H25NO3/c1-19(2,15-9-7-6-8-10-15)20-13-14-11-16(21-3)18(23-5)17(12-14)22-4/h6-12,20H,13H2,1-5H3. The SMILES string of the molecule is COc1cc(CNC(C)(C)c2ccccc2)cc(OC)c1OC. The highest BCUT2D eigenvalue weighted by Crippen LogP contribution is 2.38. The monoisotopic (exact) mass is 315 g/mol. The van der Waals surface area contributed by atoms with Crippen molar-refractivity contribution < 1.29 is 14.2 Å². The Morgan fingerprint density at radius 1 is 0.870 bits per heavy atom. The van der Waals surface area contributed by atoms with Gasteiger partial charge in [-0.1, -0.05) is 30.3 Å². The minimum atomic E-state index is -0.137. The van der Waals surface area contributed by atoms with Gasteiger partial charge in [-0.2, -0.15) is 0 Å². The Balaban J connectivity index is 2.20. The normalized spacial score (nSPS) is 11.2. The Kier molecular flexibility index (Phi) is 5.50. The lowest BCUT2D eigenvalue weighted by molar-refractivity contribution is 0.323. The highest BCUT2D eigenvalue weighted by atomic mass is 16.5. The lowest BCUT2D eigenvalue weighted by Gasteiger charge is -2.27. The second-order valence-electron chi connectivity index (χ2n) is 5.88. The number of ether oxygens (including phenoxy) is 3. The molecule has 0 aromatic heterocycles. The fourth-order valence-electron chi connectivity index (χ4n) is 2.52. The van der Waals surface area contributed by atoms with Crippen LogP contribution in [0.4, 0.5) is 0 Å². The van der Waals surface area contributed by atoms with Gasteiger partial charge in [0.05, 0.1) is 21.3 Å².